The second kappa shape index (κ2) is 6.05. The van der Waals surface area contributed by atoms with Crippen molar-refractivity contribution in [2.75, 3.05) is 14.1 Å². The number of benzene rings is 1. The van der Waals surface area contributed by atoms with Gasteiger partial charge in [-0.3, -0.25) is 4.79 Å². The second-order valence-electron chi connectivity index (χ2n) is 4.90. The van der Waals surface area contributed by atoms with Crippen molar-refractivity contribution in [1.82, 2.24) is 4.90 Å². The number of sulfone groups is 1. The highest BCUT2D eigenvalue weighted by molar-refractivity contribution is 9.10. The van der Waals surface area contributed by atoms with E-state index in [1.165, 1.54) is 17.0 Å². The average molecular weight is 348 g/mol. The Morgan fingerprint density at radius 1 is 1.16 bits per heavy atom. The van der Waals surface area contributed by atoms with Gasteiger partial charge in [-0.25, -0.2) is 8.42 Å². The van der Waals surface area contributed by atoms with E-state index in [-0.39, 0.29) is 10.8 Å². The molecule has 0 aliphatic rings. The molecule has 0 saturated heterocycles. The van der Waals surface area contributed by atoms with E-state index in [9.17, 15) is 13.2 Å². The van der Waals surface area contributed by atoms with Crippen LogP contribution in [0.15, 0.2) is 33.6 Å². The summed E-state index contributed by atoms with van der Waals surface area (Å²) in [5.74, 6) is -0.679. The van der Waals surface area contributed by atoms with Gasteiger partial charge in [0.2, 0.25) is 5.91 Å². The highest BCUT2D eigenvalue weighted by Gasteiger charge is 2.37. The van der Waals surface area contributed by atoms with Crippen LogP contribution in [0.4, 0.5) is 0 Å². The molecule has 0 fully saturated rings. The largest absolute Gasteiger partial charge is 0.348 e. The second-order valence-corrected chi connectivity index (χ2v) is 7.88. The van der Waals surface area contributed by atoms with Crippen LogP contribution in [0.2, 0.25) is 0 Å². The minimum Gasteiger partial charge on any atom is -0.348 e. The zero-order valence-corrected chi connectivity index (χ0v) is 13.8. The van der Waals surface area contributed by atoms with Crippen LogP contribution >= 0.6 is 15.9 Å². The van der Waals surface area contributed by atoms with Crippen molar-refractivity contribution in [2.24, 2.45) is 5.92 Å². The molecule has 0 aliphatic heterocycles. The monoisotopic (exact) mass is 347 g/mol. The summed E-state index contributed by atoms with van der Waals surface area (Å²) in [7, 11) is -0.545. The Bertz CT molecular complexity index is 550. The molecule has 4 nitrogen and oxygen atoms in total. The molecule has 1 aromatic carbocycles. The molecule has 0 spiro atoms. The van der Waals surface area contributed by atoms with E-state index >= 15 is 0 Å². The third-order valence-electron chi connectivity index (χ3n) is 2.77. The maximum atomic E-state index is 12.6. The number of nitrogens with zero attached hydrogens (tertiary/aromatic N) is 1. The summed E-state index contributed by atoms with van der Waals surface area (Å²) in [6.45, 7) is 3.48. The van der Waals surface area contributed by atoms with Gasteiger partial charge in [0.05, 0.1) is 4.90 Å². The quantitative estimate of drug-likeness (QED) is 0.839. The molecule has 0 radical (unpaired) electrons. The van der Waals surface area contributed by atoms with Crippen LogP contribution in [0.1, 0.15) is 13.8 Å². The summed E-state index contributed by atoms with van der Waals surface area (Å²) >= 11 is 3.26. The van der Waals surface area contributed by atoms with Crippen molar-refractivity contribution in [1.29, 1.82) is 0 Å². The predicted molar refractivity (Wildman–Crippen MR) is 78.6 cm³/mol. The highest BCUT2D eigenvalue weighted by atomic mass is 79.9. The lowest BCUT2D eigenvalue weighted by Crippen LogP contribution is -2.42. The first-order chi connectivity index (χ1) is 8.67. The van der Waals surface area contributed by atoms with Gasteiger partial charge in [-0.05, 0) is 30.2 Å². The molecular weight excluding hydrogens is 330 g/mol. The summed E-state index contributed by atoms with van der Waals surface area (Å²) in [5, 5.41) is -1.05. The van der Waals surface area contributed by atoms with Gasteiger partial charge in [0.1, 0.15) is 5.25 Å². The molecule has 1 atom stereocenters. The van der Waals surface area contributed by atoms with Crippen LogP contribution in [-0.2, 0) is 14.6 Å². The molecule has 106 valence electrons. The minimum absolute atomic E-state index is 0.171. The fourth-order valence-corrected chi connectivity index (χ4v) is 4.07. The summed E-state index contributed by atoms with van der Waals surface area (Å²) < 4.78 is 25.9. The Morgan fingerprint density at radius 3 is 2.00 bits per heavy atom. The van der Waals surface area contributed by atoms with Gasteiger partial charge in [0.25, 0.3) is 0 Å². The van der Waals surface area contributed by atoms with Crippen molar-refractivity contribution in [2.45, 2.75) is 24.0 Å². The van der Waals surface area contributed by atoms with Gasteiger partial charge in [-0.15, -0.1) is 0 Å². The molecule has 0 aromatic heterocycles. The van der Waals surface area contributed by atoms with E-state index in [1.54, 1.807) is 40.1 Å². The first kappa shape index (κ1) is 16.2. The molecule has 0 aliphatic carbocycles. The molecular formula is C13H18BrNO3S. The maximum Gasteiger partial charge on any atom is 0.241 e. The van der Waals surface area contributed by atoms with E-state index in [1.807, 2.05) is 0 Å². The van der Waals surface area contributed by atoms with E-state index in [0.29, 0.717) is 0 Å². The molecule has 6 heteroatoms. The minimum atomic E-state index is -3.67. The lowest BCUT2D eigenvalue weighted by molar-refractivity contribution is -0.128. The van der Waals surface area contributed by atoms with Crippen LogP contribution in [0.25, 0.3) is 0 Å². The van der Waals surface area contributed by atoms with Crippen LogP contribution in [0, 0.1) is 5.92 Å². The number of halogens is 1. The number of amides is 1. The molecule has 1 amide bonds. The Kier molecular flexibility index (Phi) is 5.15. The molecule has 19 heavy (non-hydrogen) atoms. The Hall–Kier alpha value is -0.880. The van der Waals surface area contributed by atoms with Crippen LogP contribution in [0.5, 0.6) is 0 Å². The molecule has 0 N–H and O–H groups in total. The van der Waals surface area contributed by atoms with Crippen LogP contribution in [0.3, 0.4) is 0 Å². The highest BCUT2D eigenvalue weighted by Crippen LogP contribution is 2.24. The summed E-state index contributed by atoms with van der Waals surface area (Å²) in [4.78, 5) is 13.6. The number of carbonyl (C=O) groups excluding carboxylic acids is 1. The number of hydrogen-bond donors (Lipinski definition) is 0. The first-order valence-electron chi connectivity index (χ1n) is 5.88. The van der Waals surface area contributed by atoms with E-state index in [2.05, 4.69) is 15.9 Å². The van der Waals surface area contributed by atoms with Crippen LogP contribution < -0.4 is 0 Å². The van der Waals surface area contributed by atoms with Crippen molar-refractivity contribution in [3.05, 3.63) is 28.7 Å². The Morgan fingerprint density at radius 2 is 1.63 bits per heavy atom. The predicted octanol–water partition coefficient (Wildman–Crippen LogP) is 2.34. The third kappa shape index (κ3) is 3.57. The fraction of sp³-hybridized carbons (Fsp3) is 0.462. The number of hydrogen-bond acceptors (Lipinski definition) is 3. The summed E-state index contributed by atoms with van der Waals surface area (Å²) in [6, 6.07) is 6.34. The topological polar surface area (TPSA) is 54.5 Å². The standard InChI is InChI=1S/C13H18BrNO3S/c1-9(2)12(13(16)15(3)4)19(17,18)11-7-5-10(14)6-8-11/h5-9,12H,1-4H3/t12-/m0/s1. The first-order valence-corrected chi connectivity index (χ1v) is 8.22. The zero-order chi connectivity index (χ0) is 14.8. The van der Waals surface area contributed by atoms with E-state index < -0.39 is 21.0 Å². The molecule has 1 aromatic rings. The van der Waals surface area contributed by atoms with Gasteiger partial charge in [-0.1, -0.05) is 29.8 Å². The molecule has 0 heterocycles. The van der Waals surface area contributed by atoms with Crippen molar-refractivity contribution >= 4 is 31.7 Å². The average Bonchev–Trinajstić information content (AvgIpc) is 2.28. The van der Waals surface area contributed by atoms with Crippen LogP contribution in [-0.4, -0.2) is 38.6 Å². The normalized spacial score (nSPS) is 13.4. The molecule has 0 saturated carbocycles. The smallest absolute Gasteiger partial charge is 0.241 e. The lowest BCUT2D eigenvalue weighted by Gasteiger charge is -2.23. The van der Waals surface area contributed by atoms with Crippen molar-refractivity contribution < 1.29 is 13.2 Å². The molecule has 1 rings (SSSR count). The third-order valence-corrected chi connectivity index (χ3v) is 5.64. The zero-order valence-electron chi connectivity index (χ0n) is 11.4. The SMILES string of the molecule is CC(C)[C@@H](C(=O)N(C)C)S(=O)(=O)c1ccc(Br)cc1. The van der Waals surface area contributed by atoms with Gasteiger partial charge < -0.3 is 4.90 Å². The number of rotatable bonds is 4. The van der Waals surface area contributed by atoms with Crippen molar-refractivity contribution in [3.63, 3.8) is 0 Å². The summed E-state index contributed by atoms with van der Waals surface area (Å²) in [6.07, 6.45) is 0. The fourth-order valence-electron chi connectivity index (χ4n) is 1.80. The Balaban J connectivity index is 3.28. The van der Waals surface area contributed by atoms with E-state index in [4.69, 9.17) is 0 Å². The van der Waals surface area contributed by atoms with Crippen molar-refractivity contribution in [3.8, 4) is 0 Å². The summed E-state index contributed by atoms with van der Waals surface area (Å²) in [5.41, 5.74) is 0. The maximum absolute atomic E-state index is 12.6. The Labute approximate surface area is 122 Å². The molecule has 0 bridgehead atoms. The van der Waals surface area contributed by atoms with Gasteiger partial charge in [0, 0.05) is 18.6 Å². The number of carbonyl (C=O) groups is 1. The van der Waals surface area contributed by atoms with Gasteiger partial charge >= 0.3 is 0 Å². The van der Waals surface area contributed by atoms with Gasteiger partial charge in [0.15, 0.2) is 9.84 Å². The van der Waals surface area contributed by atoms with E-state index in [0.717, 1.165) is 4.47 Å². The lowest BCUT2D eigenvalue weighted by atomic mass is 10.1. The van der Waals surface area contributed by atoms with Gasteiger partial charge in [-0.2, -0.15) is 0 Å². The molecule has 0 unspecified atom stereocenters.